The maximum atomic E-state index is 13.6. The van der Waals surface area contributed by atoms with Crippen molar-refractivity contribution < 1.29 is 4.79 Å². The van der Waals surface area contributed by atoms with Gasteiger partial charge < -0.3 is 4.57 Å². The van der Waals surface area contributed by atoms with Gasteiger partial charge in [0.2, 0.25) is 0 Å². The number of aromatic nitrogens is 4. The molecule has 1 saturated carbocycles. The average molecular weight is 463 g/mol. The maximum absolute atomic E-state index is 13.6. The lowest BCUT2D eigenvalue weighted by Gasteiger charge is -2.15. The zero-order chi connectivity index (χ0) is 22.9. The van der Waals surface area contributed by atoms with Gasteiger partial charge in [-0.05, 0) is 37.0 Å². The fourth-order valence-corrected chi connectivity index (χ4v) is 5.53. The van der Waals surface area contributed by atoms with E-state index in [1.54, 1.807) is 12.4 Å². The first-order valence-corrected chi connectivity index (χ1v) is 12.2. The van der Waals surface area contributed by atoms with Crippen LogP contribution in [0.15, 0.2) is 58.4 Å². The van der Waals surface area contributed by atoms with Crippen molar-refractivity contribution in [2.75, 3.05) is 0 Å². The Morgan fingerprint density at radius 3 is 2.52 bits per heavy atom. The first-order chi connectivity index (χ1) is 16.1. The van der Waals surface area contributed by atoms with Crippen LogP contribution in [0.5, 0.6) is 0 Å². The Hall–Kier alpha value is -3.26. The predicted octanol–water partition coefficient (Wildman–Crippen LogP) is 4.03. The van der Waals surface area contributed by atoms with Crippen LogP contribution in [-0.2, 0) is 19.5 Å². The van der Waals surface area contributed by atoms with E-state index in [-0.39, 0.29) is 24.9 Å². The van der Waals surface area contributed by atoms with Crippen molar-refractivity contribution in [1.82, 2.24) is 18.7 Å². The van der Waals surface area contributed by atoms with Crippen LogP contribution in [0.1, 0.15) is 58.8 Å². The average Bonchev–Trinajstić information content (AvgIpc) is 3.60. The Bertz CT molecular complexity index is 1420. The molecule has 7 nitrogen and oxygen atoms in total. The van der Waals surface area contributed by atoms with Gasteiger partial charge in [-0.15, -0.1) is 11.3 Å². The van der Waals surface area contributed by atoms with Crippen LogP contribution in [0.25, 0.3) is 11.2 Å². The summed E-state index contributed by atoms with van der Waals surface area (Å²) >= 11 is 1.42. The van der Waals surface area contributed by atoms with Crippen LogP contribution in [0.3, 0.4) is 0 Å². The molecule has 0 atom stereocenters. The highest BCUT2D eigenvalue weighted by atomic mass is 32.1. The number of imidazole rings is 1. The fraction of sp³-hybridized carbons (Fsp3) is 0.360. The van der Waals surface area contributed by atoms with Crippen molar-refractivity contribution in [3.05, 3.63) is 84.9 Å². The van der Waals surface area contributed by atoms with Crippen LogP contribution < -0.4 is 11.2 Å². The molecule has 0 amide bonds. The lowest BCUT2D eigenvalue weighted by molar-refractivity contribution is 0.0972. The number of benzene rings is 1. The molecule has 0 unspecified atom stereocenters. The molecule has 0 saturated heterocycles. The third-order valence-corrected chi connectivity index (χ3v) is 7.70. The summed E-state index contributed by atoms with van der Waals surface area (Å²) in [5.41, 5.74) is 0.774. The van der Waals surface area contributed by atoms with Crippen molar-refractivity contribution in [3.8, 4) is 0 Å². The molecular formula is C25H26N4O3S. The van der Waals surface area contributed by atoms with Crippen molar-refractivity contribution in [2.45, 2.75) is 58.2 Å². The van der Waals surface area contributed by atoms with Gasteiger partial charge in [-0.25, -0.2) is 9.78 Å². The first-order valence-electron chi connectivity index (χ1n) is 11.4. The SMILES string of the molecule is CCc1ccc(C(=O)Cn2c(=O)c3c(ncn3C3CCCC3)n(Cc3ccccc3)c2=O)s1. The Morgan fingerprint density at radius 2 is 1.82 bits per heavy atom. The summed E-state index contributed by atoms with van der Waals surface area (Å²) in [6.07, 6.45) is 6.71. The number of ketones is 1. The molecule has 4 aromatic rings. The highest BCUT2D eigenvalue weighted by molar-refractivity contribution is 7.14. The zero-order valence-corrected chi connectivity index (χ0v) is 19.4. The van der Waals surface area contributed by atoms with E-state index in [0.29, 0.717) is 16.0 Å². The first kappa shape index (κ1) is 21.6. The Labute approximate surface area is 194 Å². The molecule has 5 rings (SSSR count). The fourth-order valence-electron chi connectivity index (χ4n) is 4.65. The minimum Gasteiger partial charge on any atom is -0.322 e. The smallest absolute Gasteiger partial charge is 0.322 e. The van der Waals surface area contributed by atoms with Crippen LogP contribution >= 0.6 is 11.3 Å². The van der Waals surface area contributed by atoms with Gasteiger partial charge in [-0.1, -0.05) is 50.1 Å². The highest BCUT2D eigenvalue weighted by Gasteiger charge is 2.25. The summed E-state index contributed by atoms with van der Waals surface area (Å²) < 4.78 is 4.54. The molecule has 0 spiro atoms. The number of nitrogens with zero attached hydrogens (tertiary/aromatic N) is 4. The summed E-state index contributed by atoms with van der Waals surface area (Å²) in [5.74, 6) is -0.226. The van der Waals surface area contributed by atoms with E-state index in [1.807, 2.05) is 47.9 Å². The number of carbonyl (C=O) groups is 1. The second-order valence-electron chi connectivity index (χ2n) is 8.55. The second kappa shape index (κ2) is 8.94. The van der Waals surface area contributed by atoms with Gasteiger partial charge in [-0.3, -0.25) is 18.7 Å². The van der Waals surface area contributed by atoms with Crippen LogP contribution in [0, 0.1) is 0 Å². The largest absolute Gasteiger partial charge is 0.333 e. The van der Waals surface area contributed by atoms with Crippen molar-refractivity contribution in [1.29, 1.82) is 0 Å². The van der Waals surface area contributed by atoms with Gasteiger partial charge >= 0.3 is 5.69 Å². The normalized spacial score (nSPS) is 14.3. The van der Waals surface area contributed by atoms with Gasteiger partial charge in [0, 0.05) is 10.9 Å². The molecule has 0 radical (unpaired) electrons. The van der Waals surface area contributed by atoms with Gasteiger partial charge in [0.25, 0.3) is 5.56 Å². The monoisotopic (exact) mass is 462 g/mol. The molecule has 1 aliphatic carbocycles. The summed E-state index contributed by atoms with van der Waals surface area (Å²) in [6.45, 7) is 2.04. The van der Waals surface area contributed by atoms with Crippen LogP contribution in [-0.4, -0.2) is 24.5 Å². The third kappa shape index (κ3) is 3.99. The second-order valence-corrected chi connectivity index (χ2v) is 9.72. The molecule has 8 heteroatoms. The summed E-state index contributed by atoms with van der Waals surface area (Å²) in [6, 6.07) is 13.5. The molecule has 0 N–H and O–H groups in total. The number of fused-ring (bicyclic) bond motifs is 1. The summed E-state index contributed by atoms with van der Waals surface area (Å²) in [4.78, 5) is 46.2. The maximum Gasteiger partial charge on any atom is 0.333 e. The van der Waals surface area contributed by atoms with Crippen molar-refractivity contribution in [3.63, 3.8) is 0 Å². The predicted molar refractivity (Wildman–Crippen MR) is 129 cm³/mol. The molecule has 1 aromatic carbocycles. The Kier molecular flexibility index (Phi) is 5.85. The molecule has 0 aliphatic heterocycles. The standard InChI is InChI=1S/C25H26N4O3S/c1-2-19-12-13-21(33-19)20(30)15-28-24(31)22-23(26-16-29(22)18-10-6-7-11-18)27(25(28)32)14-17-8-4-3-5-9-17/h3-5,8-9,12-13,16,18H,2,6-7,10-11,14-15H2,1H3. The molecule has 1 aliphatic rings. The number of Topliss-reactive ketones (excluding diaryl/α,β-unsaturated/α-hetero) is 1. The van der Waals surface area contributed by atoms with Crippen LogP contribution in [0.4, 0.5) is 0 Å². The van der Waals surface area contributed by atoms with E-state index in [1.165, 1.54) is 15.9 Å². The van der Waals surface area contributed by atoms with E-state index >= 15 is 0 Å². The molecule has 33 heavy (non-hydrogen) atoms. The number of rotatable bonds is 7. The molecule has 1 fully saturated rings. The number of hydrogen-bond donors (Lipinski definition) is 0. The van der Waals surface area contributed by atoms with Crippen LogP contribution in [0.2, 0.25) is 0 Å². The molecule has 3 aromatic heterocycles. The molecule has 170 valence electrons. The summed E-state index contributed by atoms with van der Waals surface area (Å²) in [5, 5.41) is 0. The quantitative estimate of drug-likeness (QED) is 0.389. The lowest BCUT2D eigenvalue weighted by atomic mass is 10.2. The zero-order valence-electron chi connectivity index (χ0n) is 18.6. The number of carbonyl (C=O) groups excluding carboxylic acids is 1. The Balaban J connectivity index is 1.65. The van der Waals surface area contributed by atoms with E-state index in [2.05, 4.69) is 4.98 Å². The van der Waals surface area contributed by atoms with Crippen molar-refractivity contribution >= 4 is 28.3 Å². The van der Waals surface area contributed by atoms with Gasteiger partial charge in [0.05, 0.1) is 24.3 Å². The highest BCUT2D eigenvalue weighted by Crippen LogP contribution is 2.31. The number of aryl methyl sites for hydroxylation is 1. The summed E-state index contributed by atoms with van der Waals surface area (Å²) in [7, 11) is 0. The van der Waals surface area contributed by atoms with E-state index in [0.717, 1.165) is 47.1 Å². The molecule has 0 bridgehead atoms. The van der Waals surface area contributed by atoms with E-state index in [9.17, 15) is 14.4 Å². The minimum atomic E-state index is -0.506. The van der Waals surface area contributed by atoms with Gasteiger partial charge in [0.15, 0.2) is 16.9 Å². The van der Waals surface area contributed by atoms with E-state index in [4.69, 9.17) is 0 Å². The lowest BCUT2D eigenvalue weighted by Crippen LogP contribution is -2.42. The van der Waals surface area contributed by atoms with Gasteiger partial charge in [0.1, 0.15) is 0 Å². The molecule has 3 heterocycles. The minimum absolute atomic E-state index is 0.193. The number of thiophene rings is 1. The van der Waals surface area contributed by atoms with E-state index < -0.39 is 11.2 Å². The number of hydrogen-bond acceptors (Lipinski definition) is 5. The van der Waals surface area contributed by atoms with Crippen molar-refractivity contribution in [2.24, 2.45) is 0 Å². The topological polar surface area (TPSA) is 78.9 Å². The third-order valence-electron chi connectivity index (χ3n) is 6.43. The van der Waals surface area contributed by atoms with Gasteiger partial charge in [-0.2, -0.15) is 0 Å². The molecular weight excluding hydrogens is 436 g/mol. The Morgan fingerprint density at radius 1 is 1.06 bits per heavy atom.